The molecule has 0 aliphatic rings. The Morgan fingerprint density at radius 1 is 0.971 bits per heavy atom. The molecule has 4 aromatic rings. The molecule has 1 amide bonds. The van der Waals surface area contributed by atoms with Crippen molar-refractivity contribution in [1.82, 2.24) is 19.5 Å². The fourth-order valence-corrected chi connectivity index (χ4v) is 4.29. The molecule has 0 bridgehead atoms. The number of nitrogens with zero attached hydrogens (tertiary/aromatic N) is 4. The van der Waals surface area contributed by atoms with Crippen molar-refractivity contribution in [3.8, 4) is 17.4 Å². The van der Waals surface area contributed by atoms with Crippen LogP contribution in [-0.4, -0.2) is 45.4 Å². The predicted octanol–water partition coefficient (Wildman–Crippen LogP) is 3.54. The van der Waals surface area contributed by atoms with E-state index in [0.29, 0.717) is 21.7 Å². The van der Waals surface area contributed by atoms with E-state index in [4.69, 9.17) is 9.47 Å². The van der Waals surface area contributed by atoms with Gasteiger partial charge >= 0.3 is 0 Å². The van der Waals surface area contributed by atoms with Gasteiger partial charge in [0.15, 0.2) is 5.16 Å². The van der Waals surface area contributed by atoms with Crippen LogP contribution in [0, 0.1) is 13.8 Å². The van der Waals surface area contributed by atoms with Crippen LogP contribution in [-0.2, 0) is 4.79 Å². The summed E-state index contributed by atoms with van der Waals surface area (Å²) in [7, 11) is 2.92. The zero-order valence-electron chi connectivity index (χ0n) is 19.2. The molecule has 10 heteroatoms. The Morgan fingerprint density at radius 2 is 1.62 bits per heavy atom. The summed E-state index contributed by atoms with van der Waals surface area (Å²) in [5.74, 6) is 0.192. The SMILES string of the molecule is COc1cc(OC)nc(NC(=O)CSc2nc3ccccc3c(=O)n2-c2cc(C)cc(C)c2)n1. The maximum Gasteiger partial charge on any atom is 0.266 e. The first-order chi connectivity index (χ1) is 16.4. The van der Waals surface area contributed by atoms with Crippen molar-refractivity contribution >= 4 is 34.5 Å². The number of rotatable bonds is 7. The van der Waals surface area contributed by atoms with Gasteiger partial charge in [0.2, 0.25) is 23.6 Å². The van der Waals surface area contributed by atoms with Crippen LogP contribution >= 0.6 is 11.8 Å². The van der Waals surface area contributed by atoms with E-state index in [1.165, 1.54) is 20.3 Å². The van der Waals surface area contributed by atoms with Crippen LogP contribution in [0.1, 0.15) is 11.1 Å². The zero-order chi connectivity index (χ0) is 24.2. The molecule has 1 N–H and O–H groups in total. The summed E-state index contributed by atoms with van der Waals surface area (Å²) < 4.78 is 11.8. The Labute approximate surface area is 200 Å². The highest BCUT2D eigenvalue weighted by atomic mass is 32.2. The van der Waals surface area contributed by atoms with Crippen molar-refractivity contribution < 1.29 is 14.3 Å². The monoisotopic (exact) mass is 477 g/mol. The molecule has 0 radical (unpaired) electrons. The second-order valence-electron chi connectivity index (χ2n) is 7.51. The summed E-state index contributed by atoms with van der Waals surface area (Å²) in [6.45, 7) is 3.94. The number of hydrogen-bond acceptors (Lipinski definition) is 8. The third-order valence-corrected chi connectivity index (χ3v) is 5.83. The van der Waals surface area contributed by atoms with Crippen molar-refractivity contribution in [2.45, 2.75) is 19.0 Å². The molecule has 0 spiro atoms. The second kappa shape index (κ2) is 9.92. The number of aryl methyl sites for hydroxylation is 2. The molecule has 174 valence electrons. The van der Waals surface area contributed by atoms with Gasteiger partial charge in [0, 0.05) is 0 Å². The topological polar surface area (TPSA) is 108 Å². The zero-order valence-corrected chi connectivity index (χ0v) is 20.0. The number of thioether (sulfide) groups is 1. The molecule has 0 fully saturated rings. The number of ether oxygens (including phenoxy) is 2. The molecule has 34 heavy (non-hydrogen) atoms. The minimum Gasteiger partial charge on any atom is -0.481 e. The molecule has 9 nitrogen and oxygen atoms in total. The summed E-state index contributed by atoms with van der Waals surface area (Å²) in [6.07, 6.45) is 0. The van der Waals surface area contributed by atoms with Crippen LogP contribution in [0.5, 0.6) is 11.8 Å². The standard InChI is InChI=1S/C24H23N5O4S/c1-14-9-15(2)11-16(10-14)29-22(31)17-7-5-6-8-18(17)25-24(29)34-13-19(30)26-23-27-20(32-3)12-21(28-23)33-4/h5-12H,13H2,1-4H3,(H,26,27,28,30). The molecule has 0 aliphatic heterocycles. The number of anilines is 1. The van der Waals surface area contributed by atoms with E-state index < -0.39 is 0 Å². The van der Waals surface area contributed by atoms with Gasteiger partial charge < -0.3 is 9.47 Å². The first-order valence-corrected chi connectivity index (χ1v) is 11.4. The number of hydrogen-bond donors (Lipinski definition) is 1. The normalized spacial score (nSPS) is 10.8. The lowest BCUT2D eigenvalue weighted by atomic mass is 10.1. The second-order valence-corrected chi connectivity index (χ2v) is 8.45. The van der Waals surface area contributed by atoms with Crippen LogP contribution < -0.4 is 20.3 Å². The van der Waals surface area contributed by atoms with Crippen molar-refractivity contribution in [3.05, 3.63) is 70.0 Å². The highest BCUT2D eigenvalue weighted by Crippen LogP contribution is 2.23. The summed E-state index contributed by atoms with van der Waals surface area (Å²) >= 11 is 1.15. The largest absolute Gasteiger partial charge is 0.481 e. The quantitative estimate of drug-likeness (QED) is 0.318. The molecule has 2 aromatic heterocycles. The molecular weight excluding hydrogens is 454 g/mol. The number of carbonyl (C=O) groups is 1. The molecule has 2 aromatic carbocycles. The first kappa shape index (κ1) is 23.2. The summed E-state index contributed by atoms with van der Waals surface area (Å²) in [6, 6.07) is 14.5. The van der Waals surface area contributed by atoms with Crippen LogP contribution in [0.4, 0.5) is 5.95 Å². The van der Waals surface area contributed by atoms with Gasteiger partial charge in [-0.25, -0.2) is 4.98 Å². The van der Waals surface area contributed by atoms with Crippen molar-refractivity contribution in [3.63, 3.8) is 0 Å². The van der Waals surface area contributed by atoms with Gasteiger partial charge in [-0.05, 0) is 49.2 Å². The minimum absolute atomic E-state index is 0.0154. The third kappa shape index (κ3) is 5.01. The number of aromatic nitrogens is 4. The highest BCUT2D eigenvalue weighted by molar-refractivity contribution is 7.99. The number of para-hydroxylation sites is 1. The number of carbonyl (C=O) groups excluding carboxylic acids is 1. The van der Waals surface area contributed by atoms with E-state index in [-0.39, 0.29) is 34.9 Å². The van der Waals surface area contributed by atoms with Crippen LogP contribution in [0.25, 0.3) is 16.6 Å². The molecule has 4 rings (SSSR count). The number of fused-ring (bicyclic) bond motifs is 1. The lowest BCUT2D eigenvalue weighted by Crippen LogP contribution is -2.23. The number of benzene rings is 2. The van der Waals surface area contributed by atoms with Gasteiger partial charge in [0.1, 0.15) is 0 Å². The first-order valence-electron chi connectivity index (χ1n) is 10.4. The van der Waals surface area contributed by atoms with E-state index >= 15 is 0 Å². The molecule has 0 aliphatic carbocycles. The van der Waals surface area contributed by atoms with E-state index in [1.54, 1.807) is 22.8 Å². The lowest BCUT2D eigenvalue weighted by Gasteiger charge is -2.14. The molecule has 0 unspecified atom stereocenters. The van der Waals surface area contributed by atoms with Crippen molar-refractivity contribution in [2.75, 3.05) is 25.3 Å². The highest BCUT2D eigenvalue weighted by Gasteiger charge is 2.16. The number of methoxy groups -OCH3 is 2. The third-order valence-electron chi connectivity index (χ3n) is 4.89. The van der Waals surface area contributed by atoms with Crippen LogP contribution in [0.2, 0.25) is 0 Å². The maximum absolute atomic E-state index is 13.4. The maximum atomic E-state index is 13.4. The van der Waals surface area contributed by atoms with Gasteiger partial charge in [0.05, 0.1) is 42.6 Å². The Bertz CT molecular complexity index is 1390. The Hall–Kier alpha value is -3.92. The Morgan fingerprint density at radius 3 is 2.26 bits per heavy atom. The minimum atomic E-state index is -0.366. The average Bonchev–Trinajstić information content (AvgIpc) is 2.81. The molecule has 0 saturated heterocycles. The van der Waals surface area contributed by atoms with Gasteiger partial charge in [-0.15, -0.1) is 0 Å². The van der Waals surface area contributed by atoms with Gasteiger partial charge in [-0.2, -0.15) is 9.97 Å². The molecule has 2 heterocycles. The number of amides is 1. The fraction of sp³-hybridized carbons (Fsp3) is 0.208. The van der Waals surface area contributed by atoms with Crippen LogP contribution in [0.15, 0.2) is 58.5 Å². The van der Waals surface area contributed by atoms with E-state index in [9.17, 15) is 9.59 Å². The van der Waals surface area contributed by atoms with E-state index in [0.717, 1.165) is 22.9 Å². The predicted molar refractivity (Wildman–Crippen MR) is 131 cm³/mol. The Balaban J connectivity index is 1.66. The van der Waals surface area contributed by atoms with Crippen LogP contribution in [0.3, 0.4) is 0 Å². The summed E-state index contributed by atoms with van der Waals surface area (Å²) in [5, 5.41) is 3.55. The molecular formula is C24H23N5O4S. The van der Waals surface area contributed by atoms with E-state index in [2.05, 4.69) is 20.3 Å². The van der Waals surface area contributed by atoms with Gasteiger partial charge in [-0.3, -0.25) is 19.5 Å². The van der Waals surface area contributed by atoms with E-state index in [1.807, 2.05) is 38.1 Å². The number of nitrogens with one attached hydrogen (secondary N) is 1. The smallest absolute Gasteiger partial charge is 0.266 e. The summed E-state index contributed by atoms with van der Waals surface area (Å²) in [5.41, 5.74) is 3.11. The molecule has 0 atom stereocenters. The van der Waals surface area contributed by atoms with Crippen molar-refractivity contribution in [1.29, 1.82) is 0 Å². The Kier molecular flexibility index (Phi) is 6.78. The molecule has 0 saturated carbocycles. The lowest BCUT2D eigenvalue weighted by molar-refractivity contribution is -0.113. The van der Waals surface area contributed by atoms with Gasteiger partial charge in [0.25, 0.3) is 5.56 Å². The van der Waals surface area contributed by atoms with Gasteiger partial charge in [-0.1, -0.05) is 30.0 Å². The van der Waals surface area contributed by atoms with Crippen molar-refractivity contribution in [2.24, 2.45) is 0 Å². The average molecular weight is 478 g/mol. The summed E-state index contributed by atoms with van der Waals surface area (Å²) in [4.78, 5) is 39.0. The fourth-order valence-electron chi connectivity index (χ4n) is 3.48.